The van der Waals surface area contributed by atoms with Gasteiger partial charge in [0.15, 0.2) is 5.69 Å². The Hall–Kier alpha value is -1.69. The van der Waals surface area contributed by atoms with Crippen molar-refractivity contribution in [1.29, 1.82) is 0 Å². The zero-order valence-electron chi connectivity index (χ0n) is 12.6. The van der Waals surface area contributed by atoms with Crippen LogP contribution in [0.3, 0.4) is 0 Å². The lowest BCUT2D eigenvalue weighted by molar-refractivity contribution is 0.0117. The van der Waals surface area contributed by atoms with Gasteiger partial charge in [-0.1, -0.05) is 6.92 Å². The maximum Gasteiger partial charge on any atom is 0.271 e. The van der Waals surface area contributed by atoms with Gasteiger partial charge in [0.25, 0.3) is 5.91 Å². The Morgan fingerprint density at radius 3 is 2.90 bits per heavy atom. The van der Waals surface area contributed by atoms with Gasteiger partial charge in [0.2, 0.25) is 0 Å². The molecule has 2 heterocycles. The first-order valence-electron chi connectivity index (χ1n) is 7.77. The minimum absolute atomic E-state index is 0.180. The van der Waals surface area contributed by atoms with Gasteiger partial charge in [-0.15, -0.1) is 10.2 Å². The topological polar surface area (TPSA) is 76.1 Å². The van der Waals surface area contributed by atoms with Gasteiger partial charge in [0.05, 0.1) is 6.10 Å². The van der Waals surface area contributed by atoms with Crippen LogP contribution in [0.2, 0.25) is 0 Å². The Bertz CT molecular complexity index is 430. The molecule has 0 aromatic carbocycles. The molecule has 1 aliphatic rings. The SMILES string of the molecule is CCCNc1ccc(C(=O)NCCC2CCCCO2)nn1. The summed E-state index contributed by atoms with van der Waals surface area (Å²) < 4.78 is 5.63. The van der Waals surface area contributed by atoms with Crippen LogP contribution in [-0.4, -0.2) is 41.9 Å². The summed E-state index contributed by atoms with van der Waals surface area (Å²) in [6, 6.07) is 3.47. The monoisotopic (exact) mass is 292 g/mol. The number of carbonyl (C=O) groups is 1. The van der Waals surface area contributed by atoms with Crippen LogP contribution in [0.1, 0.15) is 49.5 Å². The van der Waals surface area contributed by atoms with Crippen LogP contribution in [0.4, 0.5) is 5.82 Å². The number of amides is 1. The van der Waals surface area contributed by atoms with Crippen molar-refractivity contribution in [2.24, 2.45) is 0 Å². The van der Waals surface area contributed by atoms with E-state index in [9.17, 15) is 4.79 Å². The molecule has 116 valence electrons. The number of hydrogen-bond donors (Lipinski definition) is 2. The standard InChI is InChI=1S/C15H24N4O2/c1-2-9-16-14-7-6-13(18-19-14)15(20)17-10-8-12-5-3-4-11-21-12/h6-7,12H,2-5,8-11H2,1H3,(H,16,19)(H,17,20). The summed E-state index contributed by atoms with van der Waals surface area (Å²) in [6.07, 6.45) is 5.62. The highest BCUT2D eigenvalue weighted by atomic mass is 16.5. The van der Waals surface area contributed by atoms with Crippen molar-refractivity contribution in [1.82, 2.24) is 15.5 Å². The largest absolute Gasteiger partial charge is 0.378 e. The maximum absolute atomic E-state index is 11.9. The van der Waals surface area contributed by atoms with Gasteiger partial charge < -0.3 is 15.4 Å². The van der Waals surface area contributed by atoms with Gasteiger partial charge in [0, 0.05) is 19.7 Å². The van der Waals surface area contributed by atoms with Gasteiger partial charge in [-0.05, 0) is 44.2 Å². The smallest absolute Gasteiger partial charge is 0.271 e. The molecule has 1 aromatic heterocycles. The van der Waals surface area contributed by atoms with E-state index in [2.05, 4.69) is 27.8 Å². The first kappa shape index (κ1) is 15.7. The third-order valence-electron chi connectivity index (χ3n) is 3.48. The molecule has 0 bridgehead atoms. The van der Waals surface area contributed by atoms with E-state index in [0.29, 0.717) is 18.1 Å². The van der Waals surface area contributed by atoms with Crippen molar-refractivity contribution in [2.75, 3.05) is 25.0 Å². The zero-order valence-corrected chi connectivity index (χ0v) is 12.6. The van der Waals surface area contributed by atoms with Gasteiger partial charge in [-0.25, -0.2) is 0 Å². The number of hydrogen-bond acceptors (Lipinski definition) is 5. The molecule has 2 N–H and O–H groups in total. The maximum atomic E-state index is 11.9. The normalized spacial score (nSPS) is 18.2. The minimum Gasteiger partial charge on any atom is -0.378 e. The number of aromatic nitrogens is 2. The van der Waals surface area contributed by atoms with E-state index in [-0.39, 0.29) is 12.0 Å². The first-order valence-corrected chi connectivity index (χ1v) is 7.77. The summed E-state index contributed by atoms with van der Waals surface area (Å²) in [5, 5.41) is 13.9. The Kier molecular flexibility index (Phi) is 6.40. The number of nitrogens with one attached hydrogen (secondary N) is 2. The second kappa shape index (κ2) is 8.56. The van der Waals surface area contributed by atoms with E-state index in [0.717, 1.165) is 38.8 Å². The molecule has 1 unspecified atom stereocenters. The molecule has 6 nitrogen and oxygen atoms in total. The van der Waals surface area contributed by atoms with Crippen LogP contribution in [0.15, 0.2) is 12.1 Å². The molecule has 2 rings (SSSR count). The van der Waals surface area contributed by atoms with Crippen molar-refractivity contribution >= 4 is 11.7 Å². The summed E-state index contributed by atoms with van der Waals surface area (Å²) in [5.74, 6) is 0.518. The molecular weight excluding hydrogens is 268 g/mol. The van der Waals surface area contributed by atoms with Crippen LogP contribution in [0, 0.1) is 0 Å². The molecule has 1 aromatic rings. The fourth-order valence-corrected chi connectivity index (χ4v) is 2.27. The number of rotatable bonds is 7. The molecular formula is C15H24N4O2. The lowest BCUT2D eigenvalue weighted by atomic mass is 10.1. The predicted molar refractivity (Wildman–Crippen MR) is 81.4 cm³/mol. The molecule has 1 saturated heterocycles. The minimum atomic E-state index is -0.180. The average Bonchev–Trinajstić information content (AvgIpc) is 2.54. The molecule has 1 amide bonds. The summed E-state index contributed by atoms with van der Waals surface area (Å²) >= 11 is 0. The number of ether oxygens (including phenoxy) is 1. The van der Waals surface area contributed by atoms with Crippen LogP contribution in [0.5, 0.6) is 0 Å². The van der Waals surface area contributed by atoms with Gasteiger partial charge >= 0.3 is 0 Å². The molecule has 0 spiro atoms. The van der Waals surface area contributed by atoms with Crippen molar-refractivity contribution in [3.63, 3.8) is 0 Å². The summed E-state index contributed by atoms with van der Waals surface area (Å²) in [6.45, 7) is 4.39. The summed E-state index contributed by atoms with van der Waals surface area (Å²) in [7, 11) is 0. The summed E-state index contributed by atoms with van der Waals surface area (Å²) in [5.41, 5.74) is 0.349. The molecule has 6 heteroatoms. The molecule has 21 heavy (non-hydrogen) atoms. The van der Waals surface area contributed by atoms with E-state index in [1.54, 1.807) is 12.1 Å². The zero-order chi connectivity index (χ0) is 14.9. The third kappa shape index (κ3) is 5.30. The molecule has 0 aliphatic carbocycles. The Morgan fingerprint density at radius 2 is 2.24 bits per heavy atom. The second-order valence-corrected chi connectivity index (χ2v) is 5.26. The van der Waals surface area contributed by atoms with Crippen molar-refractivity contribution in [3.8, 4) is 0 Å². The first-order chi connectivity index (χ1) is 10.3. The highest BCUT2D eigenvalue weighted by Gasteiger charge is 2.14. The van der Waals surface area contributed by atoms with Crippen LogP contribution >= 0.6 is 0 Å². The number of nitrogens with zero attached hydrogens (tertiary/aromatic N) is 2. The molecule has 0 saturated carbocycles. The lowest BCUT2D eigenvalue weighted by Crippen LogP contribution is -2.30. The van der Waals surface area contributed by atoms with Crippen LogP contribution < -0.4 is 10.6 Å². The fraction of sp³-hybridized carbons (Fsp3) is 0.667. The van der Waals surface area contributed by atoms with Crippen molar-refractivity contribution < 1.29 is 9.53 Å². The third-order valence-corrected chi connectivity index (χ3v) is 3.48. The number of anilines is 1. The molecule has 1 aliphatic heterocycles. The van der Waals surface area contributed by atoms with Crippen LogP contribution in [0.25, 0.3) is 0 Å². The fourth-order valence-electron chi connectivity index (χ4n) is 2.27. The van der Waals surface area contributed by atoms with E-state index in [4.69, 9.17) is 4.74 Å². The van der Waals surface area contributed by atoms with Gasteiger partial charge in [-0.3, -0.25) is 4.79 Å². The van der Waals surface area contributed by atoms with E-state index in [1.807, 2.05) is 0 Å². The van der Waals surface area contributed by atoms with E-state index < -0.39 is 0 Å². The Morgan fingerprint density at radius 1 is 1.33 bits per heavy atom. The van der Waals surface area contributed by atoms with Crippen molar-refractivity contribution in [2.45, 2.75) is 45.1 Å². The highest BCUT2D eigenvalue weighted by Crippen LogP contribution is 2.14. The van der Waals surface area contributed by atoms with Crippen LogP contribution in [-0.2, 0) is 4.74 Å². The van der Waals surface area contributed by atoms with Gasteiger partial charge in [-0.2, -0.15) is 0 Å². The Balaban J connectivity index is 1.72. The highest BCUT2D eigenvalue weighted by molar-refractivity contribution is 5.92. The lowest BCUT2D eigenvalue weighted by Gasteiger charge is -2.22. The predicted octanol–water partition coefficient (Wildman–Crippen LogP) is 1.99. The summed E-state index contributed by atoms with van der Waals surface area (Å²) in [4.78, 5) is 11.9. The molecule has 1 atom stereocenters. The number of carbonyl (C=O) groups excluding carboxylic acids is 1. The van der Waals surface area contributed by atoms with E-state index >= 15 is 0 Å². The molecule has 1 fully saturated rings. The molecule has 0 radical (unpaired) electrons. The van der Waals surface area contributed by atoms with Gasteiger partial charge in [0.1, 0.15) is 5.82 Å². The second-order valence-electron chi connectivity index (χ2n) is 5.26. The Labute approximate surface area is 125 Å². The quantitative estimate of drug-likeness (QED) is 0.803. The average molecular weight is 292 g/mol. The van der Waals surface area contributed by atoms with E-state index in [1.165, 1.54) is 6.42 Å². The van der Waals surface area contributed by atoms with Crippen molar-refractivity contribution in [3.05, 3.63) is 17.8 Å².